The van der Waals surface area contributed by atoms with Crippen LogP contribution in [0.25, 0.3) is 22.2 Å². The second-order valence-corrected chi connectivity index (χ2v) is 7.54. The lowest BCUT2D eigenvalue weighted by atomic mass is 10.0. The van der Waals surface area contributed by atoms with Crippen LogP contribution in [0.4, 0.5) is 24.8 Å². The van der Waals surface area contributed by atoms with Gasteiger partial charge in [-0.3, -0.25) is 0 Å². The molecule has 0 bridgehead atoms. The number of nitrogens with zero attached hydrogens (tertiary/aromatic N) is 4. The van der Waals surface area contributed by atoms with Crippen LogP contribution >= 0.6 is 11.6 Å². The van der Waals surface area contributed by atoms with E-state index in [1.807, 2.05) is 0 Å². The first-order valence-corrected chi connectivity index (χ1v) is 9.71. The predicted octanol–water partition coefficient (Wildman–Crippen LogP) is 5.02. The Morgan fingerprint density at radius 1 is 1.07 bits per heavy atom. The summed E-state index contributed by atoms with van der Waals surface area (Å²) in [5, 5.41) is 1.05. The number of pyridine rings is 1. The van der Waals surface area contributed by atoms with E-state index in [9.17, 15) is 13.2 Å². The third-order valence-electron chi connectivity index (χ3n) is 5.01. The summed E-state index contributed by atoms with van der Waals surface area (Å²) in [7, 11) is 0. The van der Waals surface area contributed by atoms with Gasteiger partial charge in [0.15, 0.2) is 0 Å². The van der Waals surface area contributed by atoms with Crippen molar-refractivity contribution in [3.63, 3.8) is 0 Å². The Morgan fingerprint density at radius 2 is 1.83 bits per heavy atom. The topological polar surface area (TPSA) is 67.9 Å². The Bertz CT molecular complexity index is 1050. The molecule has 0 unspecified atom stereocenters. The molecule has 1 aliphatic heterocycles. The summed E-state index contributed by atoms with van der Waals surface area (Å²) >= 11 is 6.51. The standard InChI is InChI=1S/C20H19ClF3N5/c21-15-8-14-16(26-11-27-19(14)29-6-2-1-3-7-29)9-13(15)18-12(10-20(22,23)24)4-5-17(25)28-18/h4-5,8-9,11H,1-3,6-7,10H2,(H2,25,28). The molecule has 9 heteroatoms. The smallest absolute Gasteiger partial charge is 0.384 e. The average Bonchev–Trinajstić information content (AvgIpc) is 2.68. The van der Waals surface area contributed by atoms with Crippen molar-refractivity contribution in [3.8, 4) is 11.3 Å². The normalized spacial score (nSPS) is 15.1. The Labute approximate surface area is 170 Å². The first-order valence-electron chi connectivity index (χ1n) is 9.33. The molecule has 29 heavy (non-hydrogen) atoms. The van der Waals surface area contributed by atoms with E-state index in [1.54, 1.807) is 12.1 Å². The zero-order valence-electron chi connectivity index (χ0n) is 15.5. The van der Waals surface area contributed by atoms with E-state index in [0.29, 0.717) is 11.1 Å². The quantitative estimate of drug-likeness (QED) is 0.643. The van der Waals surface area contributed by atoms with E-state index in [-0.39, 0.29) is 22.1 Å². The van der Waals surface area contributed by atoms with Crippen molar-refractivity contribution < 1.29 is 13.2 Å². The van der Waals surface area contributed by atoms with Crippen LogP contribution in [-0.2, 0) is 6.42 Å². The van der Waals surface area contributed by atoms with E-state index >= 15 is 0 Å². The van der Waals surface area contributed by atoms with Crippen LogP contribution in [0, 0.1) is 0 Å². The zero-order valence-corrected chi connectivity index (χ0v) is 16.3. The molecule has 0 radical (unpaired) electrons. The minimum Gasteiger partial charge on any atom is -0.384 e. The number of rotatable bonds is 3. The number of nitrogens with two attached hydrogens (primary N) is 1. The highest BCUT2D eigenvalue weighted by atomic mass is 35.5. The predicted molar refractivity (Wildman–Crippen MR) is 108 cm³/mol. The monoisotopic (exact) mass is 421 g/mol. The molecule has 1 saturated heterocycles. The number of halogens is 4. The minimum atomic E-state index is -4.38. The van der Waals surface area contributed by atoms with Gasteiger partial charge in [-0.05, 0) is 43.0 Å². The van der Waals surface area contributed by atoms with E-state index in [2.05, 4.69) is 19.9 Å². The number of fused-ring (bicyclic) bond motifs is 1. The number of aromatic nitrogens is 3. The van der Waals surface area contributed by atoms with Gasteiger partial charge in [-0.1, -0.05) is 17.7 Å². The van der Waals surface area contributed by atoms with Crippen molar-refractivity contribution >= 4 is 34.1 Å². The maximum absolute atomic E-state index is 13.0. The molecule has 0 spiro atoms. The summed E-state index contributed by atoms with van der Waals surface area (Å²) in [6, 6.07) is 6.06. The van der Waals surface area contributed by atoms with Gasteiger partial charge in [0.05, 0.1) is 22.7 Å². The van der Waals surface area contributed by atoms with Crippen molar-refractivity contribution in [1.82, 2.24) is 15.0 Å². The fourth-order valence-electron chi connectivity index (χ4n) is 3.70. The van der Waals surface area contributed by atoms with E-state index < -0.39 is 12.6 Å². The number of nitrogen functional groups attached to an aromatic ring is 1. The molecule has 1 fully saturated rings. The van der Waals surface area contributed by atoms with Gasteiger partial charge in [-0.25, -0.2) is 15.0 Å². The van der Waals surface area contributed by atoms with Crippen molar-refractivity contribution in [2.45, 2.75) is 31.9 Å². The Balaban J connectivity index is 1.84. The number of anilines is 2. The number of benzene rings is 1. The lowest BCUT2D eigenvalue weighted by Gasteiger charge is -2.28. The molecular formula is C20H19ClF3N5. The molecule has 0 amide bonds. The molecular weight excluding hydrogens is 403 g/mol. The van der Waals surface area contributed by atoms with Crippen LogP contribution in [0.15, 0.2) is 30.6 Å². The molecule has 0 atom stereocenters. The Kier molecular flexibility index (Phi) is 5.21. The van der Waals surface area contributed by atoms with Crippen molar-refractivity contribution in [3.05, 3.63) is 41.2 Å². The van der Waals surface area contributed by atoms with E-state index in [4.69, 9.17) is 17.3 Å². The maximum Gasteiger partial charge on any atom is 0.393 e. The molecule has 2 aromatic heterocycles. The van der Waals surface area contributed by atoms with Gasteiger partial charge in [0.2, 0.25) is 0 Å². The molecule has 3 heterocycles. The van der Waals surface area contributed by atoms with Crippen LogP contribution in [0.2, 0.25) is 5.02 Å². The summed E-state index contributed by atoms with van der Waals surface area (Å²) in [4.78, 5) is 15.1. The minimum absolute atomic E-state index is 0.0123. The summed E-state index contributed by atoms with van der Waals surface area (Å²) < 4.78 is 39.1. The van der Waals surface area contributed by atoms with Gasteiger partial charge in [-0.15, -0.1) is 0 Å². The van der Waals surface area contributed by atoms with Gasteiger partial charge in [-0.2, -0.15) is 13.2 Å². The average molecular weight is 422 g/mol. The lowest BCUT2D eigenvalue weighted by molar-refractivity contribution is -0.127. The van der Waals surface area contributed by atoms with Crippen molar-refractivity contribution in [2.75, 3.05) is 23.7 Å². The first kappa shape index (κ1) is 19.7. The van der Waals surface area contributed by atoms with Crippen molar-refractivity contribution in [1.29, 1.82) is 0 Å². The number of hydrogen-bond acceptors (Lipinski definition) is 5. The van der Waals surface area contributed by atoms with Crippen LogP contribution in [0.3, 0.4) is 0 Å². The highest BCUT2D eigenvalue weighted by Crippen LogP contribution is 2.37. The third-order valence-corrected chi connectivity index (χ3v) is 5.32. The number of alkyl halides is 3. The van der Waals surface area contributed by atoms with Crippen LogP contribution in [-0.4, -0.2) is 34.2 Å². The zero-order chi connectivity index (χ0) is 20.6. The highest BCUT2D eigenvalue weighted by molar-refractivity contribution is 6.34. The number of hydrogen-bond donors (Lipinski definition) is 1. The van der Waals surface area contributed by atoms with E-state index in [1.165, 1.54) is 24.9 Å². The molecule has 4 rings (SSSR count). The van der Waals surface area contributed by atoms with Crippen molar-refractivity contribution in [2.24, 2.45) is 0 Å². The second kappa shape index (κ2) is 7.67. The van der Waals surface area contributed by atoms with Crippen LogP contribution in [0.1, 0.15) is 24.8 Å². The largest absolute Gasteiger partial charge is 0.393 e. The highest BCUT2D eigenvalue weighted by Gasteiger charge is 2.30. The van der Waals surface area contributed by atoms with Gasteiger partial charge < -0.3 is 10.6 Å². The lowest BCUT2D eigenvalue weighted by Crippen LogP contribution is -2.30. The Morgan fingerprint density at radius 3 is 2.55 bits per heavy atom. The molecule has 2 N–H and O–H groups in total. The fourth-order valence-corrected chi connectivity index (χ4v) is 3.95. The summed E-state index contributed by atoms with van der Waals surface area (Å²) in [6.45, 7) is 1.80. The summed E-state index contributed by atoms with van der Waals surface area (Å²) in [5.41, 5.74) is 6.84. The van der Waals surface area contributed by atoms with Gasteiger partial charge >= 0.3 is 6.18 Å². The molecule has 0 saturated carbocycles. The summed E-state index contributed by atoms with van der Waals surface area (Å²) in [5.74, 6) is 0.915. The third kappa shape index (κ3) is 4.22. The fraction of sp³-hybridized carbons (Fsp3) is 0.350. The molecule has 1 aliphatic rings. The molecule has 3 aromatic rings. The van der Waals surface area contributed by atoms with Gasteiger partial charge in [0.25, 0.3) is 0 Å². The molecule has 1 aromatic carbocycles. The molecule has 5 nitrogen and oxygen atoms in total. The molecule has 152 valence electrons. The van der Waals surface area contributed by atoms with Crippen LogP contribution in [0.5, 0.6) is 0 Å². The summed E-state index contributed by atoms with van der Waals surface area (Å²) in [6.07, 6.45) is -0.663. The Hall–Kier alpha value is -2.61. The molecule has 0 aliphatic carbocycles. The second-order valence-electron chi connectivity index (χ2n) is 7.13. The first-order chi connectivity index (χ1) is 13.8. The van der Waals surface area contributed by atoms with Gasteiger partial charge in [0, 0.05) is 24.0 Å². The maximum atomic E-state index is 13.0. The van der Waals surface area contributed by atoms with Crippen LogP contribution < -0.4 is 10.6 Å². The van der Waals surface area contributed by atoms with Gasteiger partial charge in [0.1, 0.15) is 18.0 Å². The SMILES string of the molecule is Nc1ccc(CC(F)(F)F)c(-c2cc3ncnc(N4CCCCC4)c3cc2Cl)n1. The number of piperidine rings is 1. The van der Waals surface area contributed by atoms with E-state index in [0.717, 1.165) is 37.1 Å².